The van der Waals surface area contributed by atoms with Gasteiger partial charge in [-0.3, -0.25) is 4.79 Å². The Morgan fingerprint density at radius 2 is 2.44 bits per heavy atom. The highest BCUT2D eigenvalue weighted by Crippen LogP contribution is 2.31. The number of hydrogen-bond acceptors (Lipinski definition) is 2. The van der Waals surface area contributed by atoms with Crippen LogP contribution in [0.4, 0.5) is 0 Å². The van der Waals surface area contributed by atoms with E-state index >= 15 is 0 Å². The number of thiophene rings is 1. The number of halogens is 2. The highest BCUT2D eigenvalue weighted by molar-refractivity contribution is 9.09. The van der Waals surface area contributed by atoms with Gasteiger partial charge in [-0.25, -0.2) is 0 Å². The Kier molecular flexibility index (Phi) is 5.10. The zero-order valence-electron chi connectivity index (χ0n) is 10.4. The van der Waals surface area contributed by atoms with E-state index in [1.807, 2.05) is 17.2 Å². The lowest BCUT2D eigenvalue weighted by atomic mass is 10.1. The number of hydrogen-bond donors (Lipinski definition) is 0. The van der Waals surface area contributed by atoms with Crippen molar-refractivity contribution in [3.63, 3.8) is 0 Å². The summed E-state index contributed by atoms with van der Waals surface area (Å²) in [4.78, 5) is 15.2. The quantitative estimate of drug-likeness (QED) is 0.733. The van der Waals surface area contributed by atoms with Gasteiger partial charge in [0.15, 0.2) is 0 Å². The molecule has 0 aromatic carbocycles. The molecule has 2 rings (SSSR count). The standard InChI is InChI=1S/C13H17BrClNOS/c1-9-8-18-12(11(9)15)13(17)16-7-3-5-10(16)4-2-6-14/h8,10H,2-7H2,1H3. The number of amides is 1. The number of alkyl halides is 1. The molecule has 5 heteroatoms. The predicted octanol–water partition coefficient (Wildman–Crippen LogP) is 4.49. The van der Waals surface area contributed by atoms with E-state index in [0.717, 1.165) is 43.1 Å². The summed E-state index contributed by atoms with van der Waals surface area (Å²) in [6.45, 7) is 2.82. The van der Waals surface area contributed by atoms with Gasteiger partial charge in [0.05, 0.1) is 5.02 Å². The molecule has 0 saturated carbocycles. The highest BCUT2D eigenvalue weighted by Gasteiger charge is 2.30. The molecule has 1 amide bonds. The molecular formula is C13H17BrClNOS. The van der Waals surface area contributed by atoms with E-state index in [9.17, 15) is 4.79 Å². The van der Waals surface area contributed by atoms with Gasteiger partial charge in [-0.2, -0.15) is 0 Å². The van der Waals surface area contributed by atoms with Gasteiger partial charge in [-0.15, -0.1) is 11.3 Å². The number of carbonyl (C=O) groups is 1. The van der Waals surface area contributed by atoms with Crippen LogP contribution >= 0.6 is 38.9 Å². The average molecular weight is 351 g/mol. The van der Waals surface area contributed by atoms with Crippen molar-refractivity contribution in [1.82, 2.24) is 4.90 Å². The van der Waals surface area contributed by atoms with Crippen LogP contribution in [0.15, 0.2) is 5.38 Å². The fourth-order valence-corrected chi connectivity index (χ4v) is 3.97. The number of nitrogens with zero attached hydrogens (tertiary/aromatic N) is 1. The Balaban J connectivity index is 2.10. The molecule has 100 valence electrons. The van der Waals surface area contributed by atoms with E-state index in [1.165, 1.54) is 11.3 Å². The summed E-state index contributed by atoms with van der Waals surface area (Å²) >= 11 is 11.1. The van der Waals surface area contributed by atoms with Crippen LogP contribution in [0, 0.1) is 6.92 Å². The molecule has 0 aliphatic carbocycles. The SMILES string of the molecule is Cc1csc(C(=O)N2CCCC2CCCBr)c1Cl. The van der Waals surface area contributed by atoms with E-state index in [2.05, 4.69) is 15.9 Å². The van der Waals surface area contributed by atoms with Crippen LogP contribution in [-0.4, -0.2) is 28.7 Å². The maximum Gasteiger partial charge on any atom is 0.265 e. The first-order valence-corrected chi connectivity index (χ1v) is 8.63. The Morgan fingerprint density at radius 1 is 1.67 bits per heavy atom. The van der Waals surface area contributed by atoms with Gasteiger partial charge in [0, 0.05) is 17.9 Å². The number of likely N-dealkylation sites (tertiary alicyclic amines) is 1. The lowest BCUT2D eigenvalue weighted by molar-refractivity contribution is 0.0735. The van der Waals surface area contributed by atoms with Crippen molar-refractivity contribution in [2.24, 2.45) is 0 Å². The van der Waals surface area contributed by atoms with Crippen molar-refractivity contribution in [3.05, 3.63) is 20.8 Å². The Hall–Kier alpha value is -0.0600. The summed E-state index contributed by atoms with van der Waals surface area (Å²) in [5.41, 5.74) is 1.00. The van der Waals surface area contributed by atoms with Crippen molar-refractivity contribution in [2.75, 3.05) is 11.9 Å². The first-order valence-electron chi connectivity index (χ1n) is 6.25. The van der Waals surface area contributed by atoms with Gasteiger partial charge in [0.25, 0.3) is 5.91 Å². The van der Waals surface area contributed by atoms with Crippen LogP contribution in [0.5, 0.6) is 0 Å². The summed E-state index contributed by atoms with van der Waals surface area (Å²) in [6.07, 6.45) is 4.44. The third kappa shape index (κ3) is 2.91. The minimum absolute atomic E-state index is 0.121. The molecule has 18 heavy (non-hydrogen) atoms. The van der Waals surface area contributed by atoms with Gasteiger partial charge in [0.1, 0.15) is 4.88 Å². The van der Waals surface area contributed by atoms with Crippen molar-refractivity contribution in [2.45, 2.75) is 38.6 Å². The zero-order chi connectivity index (χ0) is 13.1. The van der Waals surface area contributed by atoms with Crippen LogP contribution in [0.25, 0.3) is 0 Å². The lowest BCUT2D eigenvalue weighted by Crippen LogP contribution is -2.35. The third-order valence-electron chi connectivity index (χ3n) is 3.40. The smallest absolute Gasteiger partial charge is 0.265 e. The molecule has 1 aromatic rings. The second kappa shape index (κ2) is 6.40. The van der Waals surface area contributed by atoms with Crippen molar-refractivity contribution in [3.8, 4) is 0 Å². The molecule has 1 saturated heterocycles. The molecule has 0 N–H and O–H groups in total. The first kappa shape index (κ1) is 14.4. The molecule has 1 unspecified atom stereocenters. The normalized spacial score (nSPS) is 19.5. The van der Waals surface area contributed by atoms with Gasteiger partial charge in [-0.05, 0) is 43.6 Å². The van der Waals surface area contributed by atoms with Gasteiger partial charge in [-0.1, -0.05) is 27.5 Å². The Bertz CT molecular complexity index is 435. The molecule has 0 bridgehead atoms. The molecule has 1 aromatic heterocycles. The van der Waals surface area contributed by atoms with Crippen LogP contribution < -0.4 is 0 Å². The molecule has 1 atom stereocenters. The summed E-state index contributed by atoms with van der Waals surface area (Å²) in [7, 11) is 0. The molecular weight excluding hydrogens is 334 g/mol. The largest absolute Gasteiger partial charge is 0.335 e. The van der Waals surface area contributed by atoms with Gasteiger partial charge in [0.2, 0.25) is 0 Å². The fraction of sp³-hybridized carbons (Fsp3) is 0.615. The van der Waals surface area contributed by atoms with Crippen LogP contribution in [-0.2, 0) is 0 Å². The topological polar surface area (TPSA) is 20.3 Å². The summed E-state index contributed by atoms with van der Waals surface area (Å²) < 4.78 is 0. The minimum atomic E-state index is 0.121. The predicted molar refractivity (Wildman–Crippen MR) is 81.2 cm³/mol. The molecule has 2 heterocycles. The van der Waals surface area contributed by atoms with Crippen LogP contribution in [0.2, 0.25) is 5.02 Å². The van der Waals surface area contributed by atoms with E-state index < -0.39 is 0 Å². The third-order valence-corrected chi connectivity index (χ3v) is 5.65. The Labute approximate surface area is 125 Å². The summed E-state index contributed by atoms with van der Waals surface area (Å²) in [5, 5.41) is 3.60. The number of carbonyl (C=O) groups excluding carboxylic acids is 1. The van der Waals surface area contributed by atoms with Gasteiger partial charge >= 0.3 is 0 Å². The molecule has 1 aliphatic rings. The maximum absolute atomic E-state index is 12.5. The van der Waals surface area contributed by atoms with Crippen LogP contribution in [0.1, 0.15) is 40.9 Å². The molecule has 1 aliphatic heterocycles. The Morgan fingerprint density at radius 3 is 3.06 bits per heavy atom. The van der Waals surface area contributed by atoms with E-state index in [4.69, 9.17) is 11.6 Å². The molecule has 2 nitrogen and oxygen atoms in total. The summed E-state index contributed by atoms with van der Waals surface area (Å²) in [5.74, 6) is 0.121. The van der Waals surface area contributed by atoms with Gasteiger partial charge < -0.3 is 4.90 Å². The summed E-state index contributed by atoms with van der Waals surface area (Å²) in [6, 6.07) is 0.397. The fourth-order valence-electron chi connectivity index (χ4n) is 2.42. The van der Waals surface area contributed by atoms with E-state index in [1.54, 1.807) is 0 Å². The lowest BCUT2D eigenvalue weighted by Gasteiger charge is -2.24. The highest BCUT2D eigenvalue weighted by atomic mass is 79.9. The molecule has 1 fully saturated rings. The maximum atomic E-state index is 12.5. The molecule has 0 radical (unpaired) electrons. The van der Waals surface area contributed by atoms with Crippen molar-refractivity contribution in [1.29, 1.82) is 0 Å². The monoisotopic (exact) mass is 349 g/mol. The van der Waals surface area contributed by atoms with Crippen molar-refractivity contribution < 1.29 is 4.79 Å². The zero-order valence-corrected chi connectivity index (χ0v) is 13.6. The minimum Gasteiger partial charge on any atom is -0.335 e. The molecule has 0 spiro atoms. The van der Waals surface area contributed by atoms with E-state index in [-0.39, 0.29) is 5.91 Å². The second-order valence-corrected chi connectivity index (χ2v) is 6.74. The number of rotatable bonds is 4. The first-order chi connectivity index (χ1) is 8.65. The van der Waals surface area contributed by atoms with Crippen molar-refractivity contribution >= 4 is 44.8 Å². The number of aryl methyl sites for hydroxylation is 1. The second-order valence-electron chi connectivity index (χ2n) is 4.69. The van der Waals surface area contributed by atoms with E-state index in [0.29, 0.717) is 15.9 Å². The average Bonchev–Trinajstić information content (AvgIpc) is 2.95. The van der Waals surface area contributed by atoms with Crippen LogP contribution in [0.3, 0.4) is 0 Å².